The maximum atomic E-state index is 3.30. The van der Waals surface area contributed by atoms with Gasteiger partial charge in [0.2, 0.25) is 0 Å². The van der Waals surface area contributed by atoms with Gasteiger partial charge in [-0.1, -0.05) is 0 Å². The van der Waals surface area contributed by atoms with Gasteiger partial charge < -0.3 is 0 Å². The second-order valence-electron chi connectivity index (χ2n) is 2.27. The normalized spacial score (nSPS) is 10.5. The standard InChI is InChI=1S/C8H6N.Sn/c1-2-4-8-7(3-1)5-6-9-8;/h1-5,9H;. The summed E-state index contributed by atoms with van der Waals surface area (Å²) in [5.74, 6) is 0. The van der Waals surface area contributed by atoms with Crippen LogP contribution in [0, 0.1) is 0 Å². The number of rotatable bonds is 0. The summed E-state index contributed by atoms with van der Waals surface area (Å²) in [7, 11) is 0. The molecule has 47 valence electrons. The topological polar surface area (TPSA) is 15.8 Å². The molecule has 0 aliphatic rings. The zero-order chi connectivity index (χ0) is 6.97. The molecule has 0 saturated carbocycles. The zero-order valence-electron chi connectivity index (χ0n) is 5.39. The fraction of sp³-hybridized carbons (Fsp3) is 0. The van der Waals surface area contributed by atoms with Crippen LogP contribution in [-0.2, 0) is 0 Å². The van der Waals surface area contributed by atoms with Crippen molar-refractivity contribution in [2.24, 2.45) is 0 Å². The van der Waals surface area contributed by atoms with Crippen molar-refractivity contribution in [3.05, 3.63) is 30.3 Å². The van der Waals surface area contributed by atoms with Crippen molar-refractivity contribution in [3.63, 3.8) is 0 Å². The molecule has 0 atom stereocenters. The molecular formula is C8H6NSn. The molecule has 0 bridgehead atoms. The minimum atomic E-state index is 1.24. The number of H-pyrrole nitrogens is 1. The molecule has 1 aromatic heterocycles. The van der Waals surface area contributed by atoms with Gasteiger partial charge in [-0.3, -0.25) is 0 Å². The number of nitrogens with one attached hydrogen (secondary N) is 1. The number of hydrogen-bond donors (Lipinski definition) is 1. The molecule has 2 rings (SSSR count). The summed E-state index contributed by atoms with van der Waals surface area (Å²) in [4.78, 5) is 3.30. The van der Waals surface area contributed by atoms with E-state index < -0.39 is 0 Å². The predicted octanol–water partition coefficient (Wildman–Crippen LogP) is 0.962. The van der Waals surface area contributed by atoms with Gasteiger partial charge in [-0.05, 0) is 0 Å². The van der Waals surface area contributed by atoms with E-state index in [9.17, 15) is 0 Å². The Hall–Kier alpha value is -0.441. The molecule has 3 radical (unpaired) electrons. The average molecular weight is 235 g/mol. The van der Waals surface area contributed by atoms with Gasteiger partial charge in [0, 0.05) is 0 Å². The molecule has 0 unspecified atom stereocenters. The van der Waals surface area contributed by atoms with Gasteiger partial charge in [0.25, 0.3) is 0 Å². The number of fused-ring (bicyclic) bond motifs is 1. The third-order valence-electron chi connectivity index (χ3n) is 1.53. The van der Waals surface area contributed by atoms with E-state index in [0.717, 1.165) is 0 Å². The summed E-state index contributed by atoms with van der Waals surface area (Å²) in [6.45, 7) is 0. The summed E-state index contributed by atoms with van der Waals surface area (Å²) in [5.41, 5.74) is 1.24. The van der Waals surface area contributed by atoms with Crippen LogP contribution in [0.2, 0.25) is 0 Å². The van der Waals surface area contributed by atoms with E-state index in [4.69, 9.17) is 0 Å². The number of para-hydroxylation sites is 1. The van der Waals surface area contributed by atoms with Crippen molar-refractivity contribution < 1.29 is 0 Å². The number of benzene rings is 1. The Labute approximate surface area is 72.5 Å². The third-order valence-corrected chi connectivity index (χ3v) is 2.30. The van der Waals surface area contributed by atoms with Gasteiger partial charge in [0.15, 0.2) is 0 Å². The van der Waals surface area contributed by atoms with E-state index in [2.05, 4.69) is 29.2 Å². The van der Waals surface area contributed by atoms with E-state index in [0.29, 0.717) is 0 Å². The Kier molecular flexibility index (Phi) is 1.45. The van der Waals surface area contributed by atoms with Crippen LogP contribution in [0.1, 0.15) is 0 Å². The van der Waals surface area contributed by atoms with Crippen LogP contribution in [0.3, 0.4) is 0 Å². The molecule has 1 nitrogen and oxygen atoms in total. The van der Waals surface area contributed by atoms with Gasteiger partial charge in [-0.2, -0.15) is 0 Å². The summed E-state index contributed by atoms with van der Waals surface area (Å²) in [6.07, 6.45) is 0. The molecule has 1 N–H and O–H groups in total. The SMILES string of the molecule is [Sn][c]1cc2ccccc2[nH]1. The maximum absolute atomic E-state index is 3.30. The van der Waals surface area contributed by atoms with E-state index in [1.165, 1.54) is 37.1 Å². The van der Waals surface area contributed by atoms with Crippen LogP contribution in [0.25, 0.3) is 10.9 Å². The Morgan fingerprint density at radius 3 is 2.80 bits per heavy atom. The molecule has 0 saturated heterocycles. The second-order valence-corrected chi connectivity index (χ2v) is 3.81. The van der Waals surface area contributed by atoms with Crippen LogP contribution in [-0.4, -0.2) is 27.5 Å². The average Bonchev–Trinajstić information content (AvgIpc) is 2.27. The monoisotopic (exact) mass is 236 g/mol. The van der Waals surface area contributed by atoms with Gasteiger partial charge in [0.05, 0.1) is 0 Å². The molecule has 1 aromatic carbocycles. The molecule has 1 heterocycles. The number of hydrogen-bond acceptors (Lipinski definition) is 0. The van der Waals surface area contributed by atoms with Gasteiger partial charge >= 0.3 is 72.5 Å². The molecule has 2 heteroatoms. The molecule has 0 spiro atoms. The van der Waals surface area contributed by atoms with Crippen molar-refractivity contribution in [1.29, 1.82) is 0 Å². The van der Waals surface area contributed by atoms with Crippen molar-refractivity contribution >= 4 is 37.1 Å². The quantitative estimate of drug-likeness (QED) is 0.654. The van der Waals surface area contributed by atoms with Crippen molar-refractivity contribution in [3.8, 4) is 0 Å². The summed E-state index contributed by atoms with van der Waals surface area (Å²) in [5, 5.41) is 1.31. The Bertz CT molecular complexity index is 318. The number of aromatic nitrogens is 1. The zero-order valence-corrected chi connectivity index (χ0v) is 8.24. The van der Waals surface area contributed by atoms with Crippen molar-refractivity contribution in [2.45, 2.75) is 0 Å². The van der Waals surface area contributed by atoms with E-state index in [-0.39, 0.29) is 0 Å². The minimum absolute atomic E-state index is 1.24. The van der Waals surface area contributed by atoms with Crippen LogP contribution < -0.4 is 3.71 Å². The van der Waals surface area contributed by atoms with Crippen LogP contribution in [0.15, 0.2) is 30.3 Å². The Balaban J connectivity index is 2.88. The first kappa shape index (κ1) is 6.28. The summed E-state index contributed by atoms with van der Waals surface area (Å²) < 4.78 is 1.31. The molecule has 0 fully saturated rings. The Morgan fingerprint density at radius 2 is 2.00 bits per heavy atom. The molecule has 0 aliphatic heterocycles. The second kappa shape index (κ2) is 2.31. The van der Waals surface area contributed by atoms with Crippen LogP contribution in [0.4, 0.5) is 0 Å². The molecule has 0 aliphatic carbocycles. The summed E-state index contributed by atoms with van der Waals surface area (Å²) in [6, 6.07) is 10.5. The van der Waals surface area contributed by atoms with Crippen molar-refractivity contribution in [2.75, 3.05) is 0 Å². The van der Waals surface area contributed by atoms with E-state index in [1.807, 2.05) is 6.07 Å². The molecular weight excluding hydrogens is 229 g/mol. The number of aromatic amines is 1. The van der Waals surface area contributed by atoms with Crippen LogP contribution >= 0.6 is 0 Å². The predicted molar refractivity (Wildman–Crippen MR) is 43.7 cm³/mol. The first-order chi connectivity index (χ1) is 4.86. The molecule has 0 amide bonds. The van der Waals surface area contributed by atoms with Crippen LogP contribution in [0.5, 0.6) is 0 Å². The molecule has 10 heavy (non-hydrogen) atoms. The first-order valence-corrected chi connectivity index (χ1v) is 4.58. The van der Waals surface area contributed by atoms with E-state index in [1.54, 1.807) is 0 Å². The summed E-state index contributed by atoms with van der Waals surface area (Å²) >= 11 is 1.45. The van der Waals surface area contributed by atoms with E-state index >= 15 is 0 Å². The van der Waals surface area contributed by atoms with Gasteiger partial charge in [-0.25, -0.2) is 0 Å². The third kappa shape index (κ3) is 0.944. The first-order valence-electron chi connectivity index (χ1n) is 3.15. The molecule has 2 aromatic rings. The Morgan fingerprint density at radius 1 is 1.20 bits per heavy atom. The van der Waals surface area contributed by atoms with Crippen molar-refractivity contribution in [1.82, 2.24) is 4.98 Å². The van der Waals surface area contributed by atoms with Gasteiger partial charge in [-0.15, -0.1) is 0 Å². The van der Waals surface area contributed by atoms with Gasteiger partial charge in [0.1, 0.15) is 0 Å². The fourth-order valence-corrected chi connectivity index (χ4v) is 1.90. The fourth-order valence-electron chi connectivity index (χ4n) is 1.07.